The molecule has 0 bridgehead atoms. The largest absolute Gasteiger partial charge is 0.351 e. The normalized spacial score (nSPS) is 27.0. The number of hydrogen-bond acceptors (Lipinski definition) is 2. The molecule has 23 heavy (non-hydrogen) atoms. The highest BCUT2D eigenvalue weighted by Gasteiger charge is 2.49. The molecule has 2 fully saturated rings. The van der Waals surface area contributed by atoms with Gasteiger partial charge in [-0.2, -0.15) is 0 Å². The fraction of sp³-hybridized carbons (Fsp3) is 0.529. The van der Waals surface area contributed by atoms with E-state index < -0.39 is 5.82 Å². The number of nitrogens with zero attached hydrogens (tertiary/aromatic N) is 1. The van der Waals surface area contributed by atoms with Crippen LogP contribution in [0.25, 0.3) is 0 Å². The Morgan fingerprint density at radius 1 is 1.48 bits per heavy atom. The lowest BCUT2D eigenvalue weighted by molar-refractivity contribution is -0.139. The summed E-state index contributed by atoms with van der Waals surface area (Å²) in [6.07, 6.45) is 4.38. The molecule has 1 aromatic carbocycles. The van der Waals surface area contributed by atoms with Gasteiger partial charge in [-0.3, -0.25) is 9.59 Å². The van der Waals surface area contributed by atoms with Crippen molar-refractivity contribution in [2.24, 2.45) is 5.41 Å². The molecule has 0 unspecified atom stereocenters. The van der Waals surface area contributed by atoms with Gasteiger partial charge in [-0.1, -0.05) is 18.0 Å². The van der Waals surface area contributed by atoms with E-state index in [1.165, 1.54) is 12.1 Å². The molecule has 1 aliphatic carbocycles. The molecule has 2 aliphatic rings. The molecule has 6 heteroatoms. The Labute approximate surface area is 140 Å². The third kappa shape index (κ3) is 2.94. The number of rotatable bonds is 3. The summed E-state index contributed by atoms with van der Waals surface area (Å²) in [5, 5.41) is 3.05. The summed E-state index contributed by atoms with van der Waals surface area (Å²) in [5.74, 6) is -0.580. The zero-order valence-electron chi connectivity index (χ0n) is 13.1. The van der Waals surface area contributed by atoms with Crippen LogP contribution in [0, 0.1) is 11.2 Å². The summed E-state index contributed by atoms with van der Waals surface area (Å²) >= 11 is 5.94. The average Bonchev–Trinajstić information content (AvgIpc) is 2.94. The van der Waals surface area contributed by atoms with E-state index in [0.29, 0.717) is 13.0 Å². The highest BCUT2D eigenvalue weighted by molar-refractivity contribution is 6.33. The summed E-state index contributed by atoms with van der Waals surface area (Å²) in [7, 11) is 1.85. The molecule has 4 nitrogen and oxygen atoms in total. The molecule has 1 aliphatic heterocycles. The number of likely N-dealkylation sites (tertiary alicyclic amines) is 1. The van der Waals surface area contributed by atoms with Gasteiger partial charge in [0.1, 0.15) is 5.82 Å². The van der Waals surface area contributed by atoms with Crippen LogP contribution in [0.3, 0.4) is 0 Å². The summed E-state index contributed by atoms with van der Waals surface area (Å²) in [4.78, 5) is 26.1. The first kappa shape index (κ1) is 16.2. The number of fused-ring (bicyclic) bond motifs is 1. The third-order valence-electron chi connectivity index (χ3n) is 5.33. The maximum Gasteiger partial charge on any atom is 0.252 e. The molecule has 3 rings (SSSR count). The van der Waals surface area contributed by atoms with Gasteiger partial charge in [-0.15, -0.1) is 0 Å². The average molecular weight is 339 g/mol. The van der Waals surface area contributed by atoms with Crippen molar-refractivity contribution in [3.05, 3.63) is 34.6 Å². The van der Waals surface area contributed by atoms with Crippen LogP contribution in [-0.2, 0) is 4.79 Å². The molecule has 124 valence electrons. The molecule has 1 saturated carbocycles. The Kier molecular flexibility index (Phi) is 4.32. The topological polar surface area (TPSA) is 49.4 Å². The Bertz CT molecular complexity index is 651. The minimum Gasteiger partial charge on any atom is -0.351 e. The number of amides is 2. The second-order valence-corrected chi connectivity index (χ2v) is 6.99. The summed E-state index contributed by atoms with van der Waals surface area (Å²) < 4.78 is 13.1. The van der Waals surface area contributed by atoms with Crippen molar-refractivity contribution in [3.63, 3.8) is 0 Å². The van der Waals surface area contributed by atoms with Gasteiger partial charge in [-0.25, -0.2) is 4.39 Å². The lowest BCUT2D eigenvalue weighted by Crippen LogP contribution is -2.54. The molecule has 2 atom stereocenters. The van der Waals surface area contributed by atoms with Gasteiger partial charge in [0.15, 0.2) is 0 Å². The van der Waals surface area contributed by atoms with Crippen molar-refractivity contribution < 1.29 is 14.0 Å². The quantitative estimate of drug-likeness (QED) is 0.921. The van der Waals surface area contributed by atoms with E-state index in [9.17, 15) is 14.0 Å². The number of halogens is 2. The Morgan fingerprint density at radius 2 is 2.26 bits per heavy atom. The van der Waals surface area contributed by atoms with Crippen molar-refractivity contribution in [2.75, 3.05) is 13.6 Å². The highest BCUT2D eigenvalue weighted by Crippen LogP contribution is 2.47. The van der Waals surface area contributed by atoms with E-state index in [1.54, 1.807) is 0 Å². The van der Waals surface area contributed by atoms with Gasteiger partial charge in [0, 0.05) is 31.5 Å². The molecule has 1 aromatic rings. The lowest BCUT2D eigenvalue weighted by Gasteiger charge is -2.44. The van der Waals surface area contributed by atoms with Crippen LogP contribution in [-0.4, -0.2) is 36.3 Å². The van der Waals surface area contributed by atoms with Crippen LogP contribution in [0.5, 0.6) is 0 Å². The fourth-order valence-corrected chi connectivity index (χ4v) is 4.30. The number of piperidine rings is 1. The van der Waals surface area contributed by atoms with Crippen molar-refractivity contribution in [1.29, 1.82) is 0 Å². The van der Waals surface area contributed by atoms with Gasteiger partial charge < -0.3 is 10.2 Å². The molecule has 1 N–H and O–H groups in total. The SMILES string of the molecule is CN1C(=O)CC[C@]2(CNC(=O)c3ccc(F)cc3Cl)CCC[C@@H]12. The maximum absolute atomic E-state index is 13.1. The van der Waals surface area contributed by atoms with Crippen molar-refractivity contribution in [1.82, 2.24) is 10.2 Å². The highest BCUT2D eigenvalue weighted by atomic mass is 35.5. The molecule has 0 radical (unpaired) electrons. The number of carbonyl (C=O) groups excluding carboxylic acids is 2. The van der Waals surface area contributed by atoms with Gasteiger partial charge in [-0.05, 0) is 37.5 Å². The second kappa shape index (κ2) is 6.11. The smallest absolute Gasteiger partial charge is 0.252 e. The zero-order valence-corrected chi connectivity index (χ0v) is 13.8. The van der Waals surface area contributed by atoms with E-state index >= 15 is 0 Å². The predicted molar refractivity (Wildman–Crippen MR) is 85.8 cm³/mol. The van der Waals surface area contributed by atoms with Crippen LogP contribution in [0.4, 0.5) is 4.39 Å². The summed E-state index contributed by atoms with van der Waals surface area (Å²) in [5.41, 5.74) is 0.226. The number of benzene rings is 1. The molecule has 2 amide bonds. The van der Waals surface area contributed by atoms with E-state index in [1.807, 2.05) is 11.9 Å². The van der Waals surface area contributed by atoms with Crippen LogP contribution in [0.1, 0.15) is 42.5 Å². The fourth-order valence-electron chi connectivity index (χ4n) is 4.04. The van der Waals surface area contributed by atoms with Gasteiger partial charge in [0.25, 0.3) is 5.91 Å². The molecular weight excluding hydrogens is 319 g/mol. The summed E-state index contributed by atoms with van der Waals surface area (Å²) in [6.45, 7) is 0.516. The summed E-state index contributed by atoms with van der Waals surface area (Å²) in [6, 6.07) is 3.95. The molecule has 1 saturated heterocycles. The first-order chi connectivity index (χ1) is 10.9. The van der Waals surface area contributed by atoms with Gasteiger partial charge in [0.05, 0.1) is 10.6 Å². The third-order valence-corrected chi connectivity index (χ3v) is 5.65. The second-order valence-electron chi connectivity index (χ2n) is 6.58. The van der Waals surface area contributed by atoms with Gasteiger partial charge >= 0.3 is 0 Å². The Balaban J connectivity index is 1.72. The number of carbonyl (C=O) groups is 2. The van der Waals surface area contributed by atoms with E-state index in [2.05, 4.69) is 5.32 Å². The molecule has 0 spiro atoms. The van der Waals surface area contributed by atoms with Crippen LogP contribution < -0.4 is 5.32 Å². The molecular formula is C17H20ClFN2O2. The van der Waals surface area contributed by atoms with E-state index in [4.69, 9.17) is 11.6 Å². The zero-order chi connectivity index (χ0) is 16.6. The van der Waals surface area contributed by atoms with Crippen LogP contribution in [0.2, 0.25) is 5.02 Å². The molecule has 1 heterocycles. The molecule has 0 aromatic heterocycles. The number of hydrogen-bond donors (Lipinski definition) is 1. The van der Waals surface area contributed by atoms with Crippen molar-refractivity contribution >= 4 is 23.4 Å². The van der Waals surface area contributed by atoms with E-state index in [-0.39, 0.29) is 33.9 Å². The first-order valence-corrected chi connectivity index (χ1v) is 8.30. The van der Waals surface area contributed by atoms with Crippen molar-refractivity contribution in [3.8, 4) is 0 Å². The Morgan fingerprint density at radius 3 is 3.00 bits per heavy atom. The Hall–Kier alpha value is -1.62. The van der Waals surface area contributed by atoms with Crippen molar-refractivity contribution in [2.45, 2.75) is 38.1 Å². The monoisotopic (exact) mass is 338 g/mol. The standard InChI is InChI=1S/C17H20ClFN2O2/c1-21-14-3-2-7-17(14,8-6-15(21)22)10-20-16(23)12-5-4-11(19)9-13(12)18/h4-5,9,14H,2-3,6-8,10H2,1H3,(H,20,23)/t14-,17+/m1/s1. The first-order valence-electron chi connectivity index (χ1n) is 7.92. The van der Waals surface area contributed by atoms with Crippen LogP contribution >= 0.6 is 11.6 Å². The van der Waals surface area contributed by atoms with Gasteiger partial charge in [0.2, 0.25) is 5.91 Å². The lowest BCUT2D eigenvalue weighted by atomic mass is 9.74. The maximum atomic E-state index is 13.1. The predicted octanol–water partition coefficient (Wildman–Crippen LogP) is 3.00. The minimum atomic E-state index is -0.464. The minimum absolute atomic E-state index is 0.0508. The number of nitrogens with one attached hydrogen (secondary N) is 1. The van der Waals surface area contributed by atoms with E-state index in [0.717, 1.165) is 31.7 Å². The van der Waals surface area contributed by atoms with Crippen LogP contribution in [0.15, 0.2) is 18.2 Å².